The fraction of sp³-hybridized carbons (Fsp3) is 0.429. The SMILES string of the molecule is CC(NC(=O)c1ccccc1)C(=O)NCCCN1CCN(c2ncccn2)CC1. The molecule has 1 atom stereocenters. The van der Waals surface area contributed by atoms with Gasteiger partial charge in [-0.05, 0) is 38.1 Å². The maximum Gasteiger partial charge on any atom is 0.251 e. The summed E-state index contributed by atoms with van der Waals surface area (Å²) in [4.78, 5) is 37.5. The maximum atomic E-state index is 12.2. The van der Waals surface area contributed by atoms with Gasteiger partial charge in [-0.3, -0.25) is 14.5 Å². The zero-order valence-electron chi connectivity index (χ0n) is 16.8. The molecule has 1 unspecified atom stereocenters. The molecular formula is C21H28N6O2. The van der Waals surface area contributed by atoms with Crippen LogP contribution in [0.5, 0.6) is 0 Å². The van der Waals surface area contributed by atoms with Crippen LogP contribution < -0.4 is 15.5 Å². The Kier molecular flexibility index (Phi) is 7.52. The van der Waals surface area contributed by atoms with E-state index in [0.717, 1.165) is 45.1 Å². The molecule has 0 aliphatic carbocycles. The summed E-state index contributed by atoms with van der Waals surface area (Å²) < 4.78 is 0. The molecule has 1 saturated heterocycles. The van der Waals surface area contributed by atoms with E-state index in [4.69, 9.17) is 0 Å². The first-order valence-electron chi connectivity index (χ1n) is 10.0. The van der Waals surface area contributed by atoms with Crippen molar-refractivity contribution in [3.63, 3.8) is 0 Å². The zero-order valence-corrected chi connectivity index (χ0v) is 16.8. The minimum absolute atomic E-state index is 0.166. The van der Waals surface area contributed by atoms with Crippen LogP contribution in [-0.4, -0.2) is 72.0 Å². The Morgan fingerprint density at radius 2 is 1.72 bits per heavy atom. The van der Waals surface area contributed by atoms with Crippen LogP contribution in [0.15, 0.2) is 48.8 Å². The van der Waals surface area contributed by atoms with Crippen molar-refractivity contribution in [1.82, 2.24) is 25.5 Å². The predicted molar refractivity (Wildman–Crippen MR) is 112 cm³/mol. The predicted octanol–water partition coefficient (Wildman–Crippen LogP) is 0.923. The topological polar surface area (TPSA) is 90.5 Å². The number of nitrogens with zero attached hydrogens (tertiary/aromatic N) is 4. The van der Waals surface area contributed by atoms with Crippen molar-refractivity contribution in [1.29, 1.82) is 0 Å². The number of carbonyl (C=O) groups excluding carboxylic acids is 2. The van der Waals surface area contributed by atoms with Crippen LogP contribution >= 0.6 is 0 Å². The van der Waals surface area contributed by atoms with Crippen LogP contribution in [0.4, 0.5) is 5.95 Å². The molecule has 0 bridgehead atoms. The molecule has 2 amide bonds. The van der Waals surface area contributed by atoms with Gasteiger partial charge in [0.25, 0.3) is 5.91 Å². The fourth-order valence-corrected chi connectivity index (χ4v) is 3.23. The summed E-state index contributed by atoms with van der Waals surface area (Å²) in [5.41, 5.74) is 0.548. The highest BCUT2D eigenvalue weighted by Crippen LogP contribution is 2.09. The summed E-state index contributed by atoms with van der Waals surface area (Å²) in [7, 11) is 0. The number of rotatable bonds is 8. The molecule has 0 radical (unpaired) electrons. The minimum Gasteiger partial charge on any atom is -0.354 e. The fourth-order valence-electron chi connectivity index (χ4n) is 3.23. The number of anilines is 1. The third-order valence-electron chi connectivity index (χ3n) is 4.93. The van der Waals surface area contributed by atoms with E-state index in [2.05, 4.69) is 30.4 Å². The third kappa shape index (κ3) is 6.25. The lowest BCUT2D eigenvalue weighted by atomic mass is 10.2. The molecule has 1 aromatic carbocycles. The van der Waals surface area contributed by atoms with Crippen molar-refractivity contribution in [3.05, 3.63) is 54.4 Å². The van der Waals surface area contributed by atoms with Crippen LogP contribution in [0.3, 0.4) is 0 Å². The molecule has 0 saturated carbocycles. The van der Waals surface area contributed by atoms with E-state index < -0.39 is 6.04 Å². The van der Waals surface area contributed by atoms with Gasteiger partial charge in [0.1, 0.15) is 6.04 Å². The molecule has 1 aliphatic rings. The van der Waals surface area contributed by atoms with E-state index in [9.17, 15) is 9.59 Å². The van der Waals surface area contributed by atoms with Crippen LogP contribution in [0.2, 0.25) is 0 Å². The van der Waals surface area contributed by atoms with E-state index in [0.29, 0.717) is 12.1 Å². The quantitative estimate of drug-likeness (QED) is 0.645. The molecule has 1 aliphatic heterocycles. The summed E-state index contributed by atoms with van der Waals surface area (Å²) in [6, 6.07) is 10.1. The highest BCUT2D eigenvalue weighted by molar-refractivity contribution is 5.97. The van der Waals surface area contributed by atoms with E-state index >= 15 is 0 Å². The Bertz CT molecular complexity index is 778. The van der Waals surface area contributed by atoms with E-state index in [1.165, 1.54) is 0 Å². The molecule has 29 heavy (non-hydrogen) atoms. The number of amides is 2. The van der Waals surface area contributed by atoms with E-state index in [1.807, 2.05) is 12.1 Å². The highest BCUT2D eigenvalue weighted by Gasteiger charge is 2.19. The smallest absolute Gasteiger partial charge is 0.251 e. The molecule has 2 heterocycles. The molecule has 3 rings (SSSR count). The first-order chi connectivity index (χ1) is 14.1. The maximum absolute atomic E-state index is 12.2. The molecule has 1 fully saturated rings. The zero-order chi connectivity index (χ0) is 20.5. The number of carbonyl (C=O) groups is 2. The minimum atomic E-state index is -0.572. The van der Waals surface area contributed by atoms with Gasteiger partial charge >= 0.3 is 0 Å². The first kappa shape index (κ1) is 20.7. The number of benzene rings is 1. The monoisotopic (exact) mass is 396 g/mol. The second kappa shape index (κ2) is 10.5. The van der Waals surface area contributed by atoms with Crippen molar-refractivity contribution in [3.8, 4) is 0 Å². The number of piperazine rings is 1. The average Bonchev–Trinajstić information content (AvgIpc) is 2.78. The number of hydrogen-bond donors (Lipinski definition) is 2. The molecule has 0 spiro atoms. The Morgan fingerprint density at radius 1 is 1.03 bits per heavy atom. The van der Waals surface area contributed by atoms with Gasteiger partial charge in [-0.1, -0.05) is 18.2 Å². The molecule has 154 valence electrons. The van der Waals surface area contributed by atoms with Gasteiger partial charge in [0.2, 0.25) is 11.9 Å². The Balaban J connectivity index is 1.30. The number of nitrogens with one attached hydrogen (secondary N) is 2. The first-order valence-corrected chi connectivity index (χ1v) is 10.0. The Labute approximate surface area is 171 Å². The second-order valence-electron chi connectivity index (χ2n) is 7.08. The van der Waals surface area contributed by atoms with Crippen LogP contribution in [0.25, 0.3) is 0 Å². The molecular weight excluding hydrogens is 368 g/mol. The number of hydrogen-bond acceptors (Lipinski definition) is 6. The summed E-state index contributed by atoms with van der Waals surface area (Å²) in [6.45, 7) is 6.92. The van der Waals surface area contributed by atoms with Gasteiger partial charge < -0.3 is 15.5 Å². The van der Waals surface area contributed by atoms with Gasteiger partial charge in [-0.25, -0.2) is 9.97 Å². The van der Waals surface area contributed by atoms with Gasteiger partial charge in [-0.15, -0.1) is 0 Å². The number of aromatic nitrogens is 2. The van der Waals surface area contributed by atoms with Gasteiger partial charge in [0, 0.05) is 50.7 Å². The second-order valence-corrected chi connectivity index (χ2v) is 7.08. The van der Waals surface area contributed by atoms with Crippen molar-refractivity contribution >= 4 is 17.8 Å². The molecule has 8 nitrogen and oxygen atoms in total. The van der Waals surface area contributed by atoms with Crippen LogP contribution in [0.1, 0.15) is 23.7 Å². The summed E-state index contributed by atoms with van der Waals surface area (Å²) >= 11 is 0. The summed E-state index contributed by atoms with van der Waals surface area (Å²) in [5, 5.41) is 5.63. The van der Waals surface area contributed by atoms with Crippen molar-refractivity contribution in [2.75, 3.05) is 44.2 Å². The lowest BCUT2D eigenvalue weighted by Crippen LogP contribution is -2.48. The largest absolute Gasteiger partial charge is 0.354 e. The van der Waals surface area contributed by atoms with Crippen molar-refractivity contribution < 1.29 is 9.59 Å². The normalized spacial score (nSPS) is 15.6. The van der Waals surface area contributed by atoms with E-state index in [1.54, 1.807) is 43.6 Å². The molecule has 8 heteroatoms. The van der Waals surface area contributed by atoms with Crippen LogP contribution in [0, 0.1) is 0 Å². The van der Waals surface area contributed by atoms with Crippen molar-refractivity contribution in [2.45, 2.75) is 19.4 Å². The van der Waals surface area contributed by atoms with E-state index in [-0.39, 0.29) is 11.8 Å². The summed E-state index contributed by atoms with van der Waals surface area (Å²) in [6.07, 6.45) is 4.40. The van der Waals surface area contributed by atoms with Gasteiger partial charge in [0.05, 0.1) is 0 Å². The highest BCUT2D eigenvalue weighted by atomic mass is 16.2. The Morgan fingerprint density at radius 3 is 2.41 bits per heavy atom. The summed E-state index contributed by atoms with van der Waals surface area (Å²) in [5.74, 6) is 0.375. The molecule has 1 aromatic heterocycles. The standard InChI is InChI=1S/C21H28N6O2/c1-17(25-20(29)18-7-3-2-4-8-18)19(28)22-11-6-12-26-13-15-27(16-14-26)21-23-9-5-10-24-21/h2-5,7-10,17H,6,11-16H2,1H3,(H,22,28)(H,25,29). The average molecular weight is 396 g/mol. The van der Waals surface area contributed by atoms with Gasteiger partial charge in [0.15, 0.2) is 0 Å². The van der Waals surface area contributed by atoms with Crippen molar-refractivity contribution in [2.24, 2.45) is 0 Å². The molecule has 2 aromatic rings. The lowest BCUT2D eigenvalue weighted by Gasteiger charge is -2.34. The lowest BCUT2D eigenvalue weighted by molar-refractivity contribution is -0.122. The van der Waals surface area contributed by atoms with Crippen LogP contribution in [-0.2, 0) is 4.79 Å². The molecule has 2 N–H and O–H groups in total. The third-order valence-corrected chi connectivity index (χ3v) is 4.93. The Hall–Kier alpha value is -3.00. The van der Waals surface area contributed by atoms with Gasteiger partial charge in [-0.2, -0.15) is 0 Å².